The molecule has 3 rings (SSSR count). The lowest BCUT2D eigenvalue weighted by atomic mass is 10.0. The minimum Gasteiger partial charge on any atom is -0.497 e. The summed E-state index contributed by atoms with van der Waals surface area (Å²) in [4.78, 5) is 31.0. The van der Waals surface area contributed by atoms with Gasteiger partial charge in [0, 0.05) is 25.3 Å². The van der Waals surface area contributed by atoms with Crippen LogP contribution in [0.3, 0.4) is 0 Å². The molecule has 0 unspecified atom stereocenters. The molecule has 0 radical (unpaired) electrons. The Labute approximate surface area is 158 Å². The van der Waals surface area contributed by atoms with Gasteiger partial charge in [0.25, 0.3) is 5.91 Å². The average molecular weight is 366 g/mol. The highest BCUT2D eigenvalue weighted by atomic mass is 16.5. The first-order chi connectivity index (χ1) is 13.0. The normalized spacial score (nSPS) is 16.2. The number of hydrogen-bond acceptors (Lipinski definition) is 5. The Kier molecular flexibility index (Phi) is 5.40. The van der Waals surface area contributed by atoms with Crippen LogP contribution in [0.25, 0.3) is 0 Å². The number of aliphatic imine (C=N–C) groups is 1. The zero-order chi connectivity index (χ0) is 19.4. The predicted octanol–water partition coefficient (Wildman–Crippen LogP) is 2.11. The van der Waals surface area contributed by atoms with Gasteiger partial charge in [0.15, 0.2) is 0 Å². The highest BCUT2D eigenvalue weighted by Crippen LogP contribution is 2.25. The maximum absolute atomic E-state index is 12.4. The van der Waals surface area contributed by atoms with Crippen molar-refractivity contribution in [2.24, 2.45) is 4.99 Å². The molecule has 1 atom stereocenters. The van der Waals surface area contributed by atoms with E-state index in [9.17, 15) is 9.59 Å². The molecule has 1 aliphatic heterocycles. The van der Waals surface area contributed by atoms with Crippen molar-refractivity contribution >= 4 is 23.5 Å². The van der Waals surface area contributed by atoms with E-state index in [1.807, 2.05) is 43.3 Å². The lowest BCUT2D eigenvalue weighted by Gasteiger charge is -2.22. The molecule has 1 heterocycles. The molecule has 2 N–H and O–H groups in total. The van der Waals surface area contributed by atoms with E-state index in [0.29, 0.717) is 11.3 Å². The first-order valence-electron chi connectivity index (χ1n) is 8.56. The number of carbonyl (C=O) groups is 2. The SMILES string of the molecule is COc1cccc(C(=O)NC2=N[C@@H](c3ccc(N(C)C)cc3)CC(=O)N2)c1. The van der Waals surface area contributed by atoms with Crippen LogP contribution in [-0.2, 0) is 4.79 Å². The minimum atomic E-state index is -0.364. The zero-order valence-corrected chi connectivity index (χ0v) is 15.5. The number of carbonyl (C=O) groups excluding carboxylic acids is 2. The molecule has 0 aliphatic carbocycles. The molecular weight excluding hydrogens is 344 g/mol. The predicted molar refractivity (Wildman–Crippen MR) is 104 cm³/mol. The van der Waals surface area contributed by atoms with Gasteiger partial charge in [-0.15, -0.1) is 0 Å². The molecule has 0 aromatic heterocycles. The van der Waals surface area contributed by atoms with Crippen molar-refractivity contribution in [2.45, 2.75) is 12.5 Å². The third kappa shape index (κ3) is 4.44. The van der Waals surface area contributed by atoms with Crippen LogP contribution in [0.4, 0.5) is 5.69 Å². The third-order valence-electron chi connectivity index (χ3n) is 4.28. The quantitative estimate of drug-likeness (QED) is 0.868. The second-order valence-electron chi connectivity index (χ2n) is 6.42. The van der Waals surface area contributed by atoms with Crippen LogP contribution in [0.5, 0.6) is 5.75 Å². The van der Waals surface area contributed by atoms with E-state index < -0.39 is 0 Å². The molecule has 27 heavy (non-hydrogen) atoms. The van der Waals surface area contributed by atoms with Gasteiger partial charge in [-0.2, -0.15) is 0 Å². The molecule has 7 nitrogen and oxygen atoms in total. The van der Waals surface area contributed by atoms with Gasteiger partial charge in [0.1, 0.15) is 5.75 Å². The van der Waals surface area contributed by atoms with Crippen LogP contribution >= 0.6 is 0 Å². The highest BCUT2D eigenvalue weighted by Gasteiger charge is 2.24. The van der Waals surface area contributed by atoms with Gasteiger partial charge in [-0.25, -0.2) is 4.99 Å². The number of anilines is 1. The monoisotopic (exact) mass is 366 g/mol. The molecule has 0 bridgehead atoms. The van der Waals surface area contributed by atoms with Gasteiger partial charge in [-0.3, -0.25) is 20.2 Å². The number of amides is 2. The summed E-state index contributed by atoms with van der Waals surface area (Å²) in [7, 11) is 5.47. The topological polar surface area (TPSA) is 83.0 Å². The molecule has 0 saturated heterocycles. The fraction of sp³-hybridized carbons (Fsp3) is 0.250. The van der Waals surface area contributed by atoms with Gasteiger partial charge < -0.3 is 9.64 Å². The number of benzene rings is 2. The van der Waals surface area contributed by atoms with Crippen LogP contribution < -0.4 is 20.3 Å². The lowest BCUT2D eigenvalue weighted by Crippen LogP contribution is -2.47. The number of methoxy groups -OCH3 is 1. The molecule has 0 spiro atoms. The number of ether oxygens (including phenoxy) is 1. The van der Waals surface area contributed by atoms with E-state index >= 15 is 0 Å². The fourth-order valence-electron chi connectivity index (χ4n) is 2.79. The summed E-state index contributed by atoms with van der Waals surface area (Å²) in [5, 5.41) is 5.28. The summed E-state index contributed by atoms with van der Waals surface area (Å²) in [6.45, 7) is 0. The van der Waals surface area contributed by atoms with Crippen molar-refractivity contribution in [3.63, 3.8) is 0 Å². The van der Waals surface area contributed by atoms with E-state index in [1.165, 1.54) is 7.11 Å². The van der Waals surface area contributed by atoms with Crippen molar-refractivity contribution in [1.82, 2.24) is 10.6 Å². The Bertz CT molecular complexity index is 875. The van der Waals surface area contributed by atoms with Crippen molar-refractivity contribution < 1.29 is 14.3 Å². The average Bonchev–Trinajstić information content (AvgIpc) is 2.67. The first kappa shape index (κ1) is 18.4. The van der Waals surface area contributed by atoms with Crippen LogP contribution in [0.1, 0.15) is 28.4 Å². The number of rotatable bonds is 4. The minimum absolute atomic E-state index is 0.153. The fourth-order valence-corrected chi connectivity index (χ4v) is 2.79. The summed E-state index contributed by atoms with van der Waals surface area (Å²) in [6, 6.07) is 14.3. The van der Waals surface area contributed by atoms with Crippen LogP contribution in [0.15, 0.2) is 53.5 Å². The Morgan fingerprint density at radius 1 is 1.22 bits per heavy atom. The van der Waals surface area contributed by atoms with Gasteiger partial charge in [-0.05, 0) is 35.9 Å². The van der Waals surface area contributed by atoms with Crippen molar-refractivity contribution in [1.29, 1.82) is 0 Å². The molecule has 2 amide bonds. The van der Waals surface area contributed by atoms with Crippen LogP contribution in [-0.4, -0.2) is 39.0 Å². The first-order valence-corrected chi connectivity index (χ1v) is 8.56. The molecule has 140 valence electrons. The molecule has 2 aromatic rings. The lowest BCUT2D eigenvalue weighted by molar-refractivity contribution is -0.120. The Morgan fingerprint density at radius 3 is 2.63 bits per heavy atom. The Morgan fingerprint density at radius 2 is 1.96 bits per heavy atom. The smallest absolute Gasteiger partial charge is 0.258 e. The van der Waals surface area contributed by atoms with Gasteiger partial charge in [-0.1, -0.05) is 18.2 Å². The van der Waals surface area contributed by atoms with Crippen LogP contribution in [0.2, 0.25) is 0 Å². The van der Waals surface area contributed by atoms with Gasteiger partial charge in [0.05, 0.1) is 19.6 Å². The second-order valence-corrected chi connectivity index (χ2v) is 6.42. The third-order valence-corrected chi connectivity index (χ3v) is 4.28. The van der Waals surface area contributed by atoms with E-state index in [1.54, 1.807) is 24.3 Å². The van der Waals surface area contributed by atoms with E-state index in [0.717, 1.165) is 11.3 Å². The second kappa shape index (κ2) is 7.90. The summed E-state index contributed by atoms with van der Waals surface area (Å²) >= 11 is 0. The van der Waals surface area contributed by atoms with Gasteiger partial charge in [0.2, 0.25) is 11.9 Å². The summed E-state index contributed by atoms with van der Waals surface area (Å²) < 4.78 is 5.13. The molecule has 0 fully saturated rings. The Hall–Kier alpha value is -3.35. The maximum Gasteiger partial charge on any atom is 0.258 e. The highest BCUT2D eigenvalue weighted by molar-refractivity contribution is 6.10. The molecule has 2 aromatic carbocycles. The van der Waals surface area contributed by atoms with E-state index in [2.05, 4.69) is 15.6 Å². The van der Waals surface area contributed by atoms with E-state index in [-0.39, 0.29) is 30.2 Å². The molecular formula is C20H22N4O3. The summed E-state index contributed by atoms with van der Waals surface area (Å²) in [5.41, 5.74) is 2.40. The Balaban J connectivity index is 1.78. The number of hydrogen-bond donors (Lipinski definition) is 2. The van der Waals surface area contributed by atoms with Gasteiger partial charge >= 0.3 is 0 Å². The van der Waals surface area contributed by atoms with E-state index in [4.69, 9.17) is 4.74 Å². The number of nitrogens with one attached hydrogen (secondary N) is 2. The van der Waals surface area contributed by atoms with Crippen LogP contribution in [0, 0.1) is 0 Å². The van der Waals surface area contributed by atoms with Crippen molar-refractivity contribution in [3.8, 4) is 5.75 Å². The van der Waals surface area contributed by atoms with Crippen molar-refractivity contribution in [3.05, 3.63) is 59.7 Å². The number of nitrogens with zero attached hydrogens (tertiary/aromatic N) is 2. The maximum atomic E-state index is 12.4. The molecule has 7 heteroatoms. The van der Waals surface area contributed by atoms with Crippen molar-refractivity contribution in [2.75, 3.05) is 26.1 Å². The summed E-state index contributed by atoms with van der Waals surface area (Å²) in [6.07, 6.45) is 0.236. The molecule has 1 aliphatic rings. The zero-order valence-electron chi connectivity index (χ0n) is 15.5. The largest absolute Gasteiger partial charge is 0.497 e. The summed E-state index contributed by atoms with van der Waals surface area (Å²) in [5.74, 6) is 0.182. The number of guanidine groups is 1. The molecule has 0 saturated carbocycles. The standard InChI is InChI=1S/C20H22N4O3/c1-24(2)15-9-7-13(8-10-15)17-12-18(25)22-20(21-17)23-19(26)14-5-4-6-16(11-14)27-3/h4-11,17H,12H2,1-3H3,(H2,21,22,23,25,26)/t17-/m1/s1.